The van der Waals surface area contributed by atoms with E-state index in [2.05, 4.69) is 0 Å². The second-order valence-electron chi connectivity index (χ2n) is 4.47. The number of ether oxygens (including phenoxy) is 1. The Balaban J connectivity index is 3.34. The van der Waals surface area contributed by atoms with E-state index in [-0.39, 0.29) is 10.8 Å². The van der Waals surface area contributed by atoms with Crippen LogP contribution in [0.25, 0.3) is 0 Å². The van der Waals surface area contributed by atoms with Crippen LogP contribution in [0.3, 0.4) is 0 Å². The number of methoxy groups -OCH3 is 1. The highest BCUT2D eigenvalue weighted by Gasteiger charge is 2.31. The maximum absolute atomic E-state index is 12.4. The molecule has 0 aromatic heterocycles. The summed E-state index contributed by atoms with van der Waals surface area (Å²) in [5.41, 5.74) is 0.593. The molecule has 0 aliphatic rings. The van der Waals surface area contributed by atoms with E-state index in [9.17, 15) is 8.42 Å². The zero-order chi connectivity index (χ0) is 13.9. The summed E-state index contributed by atoms with van der Waals surface area (Å²) in [6, 6.07) is 6.62. The van der Waals surface area contributed by atoms with Gasteiger partial charge in [0.1, 0.15) is 5.75 Å². The van der Waals surface area contributed by atoms with E-state index in [1.54, 1.807) is 32.9 Å². The molecule has 5 heteroatoms. The van der Waals surface area contributed by atoms with Crippen molar-refractivity contribution in [3.8, 4) is 11.8 Å². The largest absolute Gasteiger partial charge is 0.497 e. The molecule has 4 nitrogen and oxygen atoms in total. The van der Waals surface area contributed by atoms with Gasteiger partial charge in [-0.3, -0.25) is 0 Å². The lowest BCUT2D eigenvalue weighted by molar-refractivity contribution is 0.414. The summed E-state index contributed by atoms with van der Waals surface area (Å²) in [6.07, 6.45) is 0. The molecule has 0 saturated carbocycles. The van der Waals surface area contributed by atoms with Crippen molar-refractivity contribution in [3.05, 3.63) is 23.8 Å². The maximum atomic E-state index is 12.4. The van der Waals surface area contributed by atoms with Gasteiger partial charge in [0, 0.05) is 0 Å². The molecule has 0 fully saturated rings. The highest BCUT2D eigenvalue weighted by atomic mass is 32.2. The average Bonchev–Trinajstić information content (AvgIpc) is 2.28. The first-order valence-corrected chi connectivity index (χ1v) is 7.17. The molecule has 18 heavy (non-hydrogen) atoms. The molecule has 1 unspecified atom stereocenters. The van der Waals surface area contributed by atoms with Crippen LogP contribution in [0.5, 0.6) is 5.75 Å². The van der Waals surface area contributed by atoms with E-state index in [1.165, 1.54) is 13.2 Å². The maximum Gasteiger partial charge on any atom is 0.195 e. The summed E-state index contributed by atoms with van der Waals surface area (Å²) < 4.78 is 29.8. The van der Waals surface area contributed by atoms with Gasteiger partial charge in [0.25, 0.3) is 0 Å². The minimum absolute atomic E-state index is 0.198. The topological polar surface area (TPSA) is 67.2 Å². The Morgan fingerprint density at radius 3 is 2.33 bits per heavy atom. The molecule has 0 spiro atoms. The fourth-order valence-corrected chi connectivity index (χ4v) is 3.68. The Morgan fingerprint density at radius 2 is 1.94 bits per heavy atom. The van der Waals surface area contributed by atoms with Gasteiger partial charge >= 0.3 is 0 Å². The van der Waals surface area contributed by atoms with Crippen LogP contribution in [0.15, 0.2) is 23.1 Å². The molecule has 0 saturated heterocycles. The molecule has 98 valence electrons. The quantitative estimate of drug-likeness (QED) is 0.839. The first-order chi connectivity index (χ1) is 8.34. The summed E-state index contributed by atoms with van der Waals surface area (Å²) in [4.78, 5) is 0.198. The lowest BCUT2D eigenvalue weighted by Crippen LogP contribution is -2.25. The number of rotatable bonds is 4. The number of aryl methyl sites for hydroxylation is 1. The molecule has 1 rings (SSSR count). The number of sulfone groups is 1. The lowest BCUT2D eigenvalue weighted by Gasteiger charge is -2.16. The number of nitriles is 1. The highest BCUT2D eigenvalue weighted by Crippen LogP contribution is 2.26. The third kappa shape index (κ3) is 2.65. The summed E-state index contributed by atoms with van der Waals surface area (Å²) in [5, 5.41) is 8.01. The van der Waals surface area contributed by atoms with Gasteiger partial charge < -0.3 is 4.74 Å². The van der Waals surface area contributed by atoms with Gasteiger partial charge in [0.2, 0.25) is 0 Å². The highest BCUT2D eigenvalue weighted by molar-refractivity contribution is 7.92. The third-order valence-corrected chi connectivity index (χ3v) is 5.15. The van der Waals surface area contributed by atoms with Crippen LogP contribution in [-0.2, 0) is 9.84 Å². The zero-order valence-corrected chi connectivity index (χ0v) is 11.8. The predicted octanol–water partition coefficient (Wildman–Crippen LogP) is 2.33. The van der Waals surface area contributed by atoms with Crippen LogP contribution in [-0.4, -0.2) is 20.8 Å². The van der Waals surface area contributed by atoms with Gasteiger partial charge in [0.15, 0.2) is 15.1 Å². The summed E-state index contributed by atoms with van der Waals surface area (Å²) in [6.45, 7) is 5.15. The smallest absolute Gasteiger partial charge is 0.195 e. The van der Waals surface area contributed by atoms with Crippen molar-refractivity contribution in [2.24, 2.45) is 5.92 Å². The summed E-state index contributed by atoms with van der Waals surface area (Å²) in [7, 11) is -2.10. The van der Waals surface area contributed by atoms with Gasteiger partial charge in [-0.05, 0) is 36.6 Å². The molecule has 0 aliphatic heterocycles. The van der Waals surface area contributed by atoms with Gasteiger partial charge in [-0.25, -0.2) is 8.42 Å². The SMILES string of the molecule is COc1ccc(S(=O)(=O)C(C#N)C(C)C)c(C)c1. The van der Waals surface area contributed by atoms with Crippen LogP contribution in [0.2, 0.25) is 0 Å². The van der Waals surface area contributed by atoms with Crippen molar-refractivity contribution < 1.29 is 13.2 Å². The van der Waals surface area contributed by atoms with Gasteiger partial charge in [0.05, 0.1) is 18.1 Å². The fraction of sp³-hybridized carbons (Fsp3) is 0.462. The third-order valence-electron chi connectivity index (χ3n) is 2.76. The van der Waals surface area contributed by atoms with Gasteiger partial charge in [-0.2, -0.15) is 5.26 Å². The Kier molecular flexibility index (Phi) is 4.36. The lowest BCUT2D eigenvalue weighted by atomic mass is 10.1. The van der Waals surface area contributed by atoms with E-state index in [0.717, 1.165) is 0 Å². The number of nitrogens with zero attached hydrogens (tertiary/aromatic N) is 1. The van der Waals surface area contributed by atoms with Gasteiger partial charge in [-0.15, -0.1) is 0 Å². The molecule has 1 aromatic rings. The predicted molar refractivity (Wildman–Crippen MR) is 69.2 cm³/mol. The van der Waals surface area contributed by atoms with E-state index < -0.39 is 15.1 Å². The van der Waals surface area contributed by atoms with Crippen LogP contribution < -0.4 is 4.74 Å². The van der Waals surface area contributed by atoms with E-state index in [4.69, 9.17) is 10.00 Å². The molecular weight excluding hydrogens is 250 g/mol. The first kappa shape index (κ1) is 14.5. The van der Waals surface area contributed by atoms with Gasteiger partial charge in [-0.1, -0.05) is 13.8 Å². The number of benzene rings is 1. The second kappa shape index (κ2) is 5.40. The molecular formula is C13H17NO3S. The van der Waals surface area contributed by atoms with Crippen LogP contribution in [0.1, 0.15) is 19.4 Å². The fourth-order valence-electron chi connectivity index (χ4n) is 1.78. The van der Waals surface area contributed by atoms with E-state index in [1.807, 2.05) is 6.07 Å². The van der Waals surface area contributed by atoms with Crippen molar-refractivity contribution in [2.75, 3.05) is 7.11 Å². The molecule has 0 amide bonds. The average molecular weight is 267 g/mol. The Bertz CT molecular complexity index is 570. The van der Waals surface area contributed by atoms with Crippen molar-refractivity contribution in [1.82, 2.24) is 0 Å². The first-order valence-electron chi connectivity index (χ1n) is 5.62. The molecule has 0 heterocycles. The number of hydrogen-bond donors (Lipinski definition) is 0. The molecule has 0 N–H and O–H groups in total. The molecule has 0 aliphatic carbocycles. The van der Waals surface area contributed by atoms with Crippen molar-refractivity contribution in [1.29, 1.82) is 5.26 Å². The monoisotopic (exact) mass is 267 g/mol. The molecule has 1 atom stereocenters. The van der Waals surface area contributed by atoms with Crippen LogP contribution in [0, 0.1) is 24.2 Å². The second-order valence-corrected chi connectivity index (χ2v) is 6.51. The molecule has 0 bridgehead atoms. The molecule has 1 aromatic carbocycles. The van der Waals surface area contributed by atoms with E-state index in [0.29, 0.717) is 11.3 Å². The van der Waals surface area contributed by atoms with Crippen molar-refractivity contribution in [3.63, 3.8) is 0 Å². The minimum atomic E-state index is -3.62. The molecule has 0 radical (unpaired) electrons. The van der Waals surface area contributed by atoms with E-state index >= 15 is 0 Å². The Morgan fingerprint density at radius 1 is 1.33 bits per heavy atom. The normalized spacial score (nSPS) is 13.1. The minimum Gasteiger partial charge on any atom is -0.497 e. The van der Waals surface area contributed by atoms with Crippen molar-refractivity contribution >= 4 is 9.84 Å². The standard InChI is InChI=1S/C13H17NO3S/c1-9(2)13(8-14)18(15,16)12-6-5-11(17-4)7-10(12)3/h5-7,9,13H,1-4H3. The Labute approximate surface area is 108 Å². The Hall–Kier alpha value is -1.54. The van der Waals surface area contributed by atoms with Crippen LogP contribution >= 0.6 is 0 Å². The summed E-state index contributed by atoms with van der Waals surface area (Å²) in [5.74, 6) is 0.353. The number of hydrogen-bond acceptors (Lipinski definition) is 4. The van der Waals surface area contributed by atoms with Crippen molar-refractivity contribution in [2.45, 2.75) is 30.9 Å². The summed E-state index contributed by atoms with van der Waals surface area (Å²) >= 11 is 0. The zero-order valence-electron chi connectivity index (χ0n) is 11.0. The van der Waals surface area contributed by atoms with Crippen LogP contribution in [0.4, 0.5) is 0 Å².